The van der Waals surface area contributed by atoms with Crippen LogP contribution in [0.15, 0.2) is 0 Å². The van der Waals surface area contributed by atoms with Gasteiger partial charge < -0.3 is 19.7 Å². The molecule has 0 rings (SSSR count). The number of aliphatic hydroxyl groups is 2. The molecule has 0 saturated heterocycles. The van der Waals surface area contributed by atoms with Gasteiger partial charge in [-0.1, -0.05) is 0 Å². The molecule has 14 heavy (non-hydrogen) atoms. The van der Waals surface area contributed by atoms with Gasteiger partial charge in [0.1, 0.15) is 5.78 Å². The number of carbonyl (C=O) groups excluding carboxylic acids is 1. The van der Waals surface area contributed by atoms with Crippen LogP contribution in [0.5, 0.6) is 0 Å². The Kier molecular flexibility index (Phi) is 8.76. The Hall–Kier alpha value is -0.490. The molecular formula is C9H18O5. The number of carbonyl (C=O) groups is 1. The topological polar surface area (TPSA) is 76.0 Å². The van der Waals surface area contributed by atoms with Crippen LogP contribution in [0.3, 0.4) is 0 Å². The smallest absolute Gasteiger partial charge is 0.132 e. The molecule has 0 fully saturated rings. The molecule has 0 aromatic carbocycles. The maximum Gasteiger partial charge on any atom is 0.132 e. The molecule has 2 N–H and O–H groups in total. The first-order valence-corrected chi connectivity index (χ1v) is 4.61. The second-order valence-corrected chi connectivity index (χ2v) is 2.92. The SMILES string of the molecule is CC(=O)CC(CO)OCCOCCO. The van der Waals surface area contributed by atoms with Crippen molar-refractivity contribution in [3.8, 4) is 0 Å². The molecule has 0 aliphatic rings. The summed E-state index contributed by atoms with van der Waals surface area (Å²) in [4.78, 5) is 10.7. The molecule has 84 valence electrons. The van der Waals surface area contributed by atoms with Crippen molar-refractivity contribution >= 4 is 5.78 Å². The number of hydrogen-bond donors (Lipinski definition) is 2. The fourth-order valence-corrected chi connectivity index (χ4v) is 0.937. The summed E-state index contributed by atoms with van der Waals surface area (Å²) in [6, 6.07) is 0. The van der Waals surface area contributed by atoms with E-state index in [-0.39, 0.29) is 32.0 Å². The average Bonchev–Trinajstić information content (AvgIpc) is 2.15. The summed E-state index contributed by atoms with van der Waals surface area (Å²) >= 11 is 0. The Bertz CT molecular complexity index is 148. The van der Waals surface area contributed by atoms with Gasteiger partial charge in [0.2, 0.25) is 0 Å². The van der Waals surface area contributed by atoms with E-state index in [0.29, 0.717) is 13.2 Å². The molecular weight excluding hydrogens is 188 g/mol. The molecule has 0 spiro atoms. The van der Waals surface area contributed by atoms with E-state index < -0.39 is 6.10 Å². The Morgan fingerprint density at radius 2 is 2.00 bits per heavy atom. The van der Waals surface area contributed by atoms with Gasteiger partial charge in [-0.3, -0.25) is 4.79 Å². The van der Waals surface area contributed by atoms with Gasteiger partial charge in [-0.05, 0) is 6.92 Å². The van der Waals surface area contributed by atoms with E-state index in [2.05, 4.69) is 0 Å². The zero-order valence-corrected chi connectivity index (χ0v) is 8.44. The lowest BCUT2D eigenvalue weighted by atomic mass is 10.2. The predicted octanol–water partition coefficient (Wildman–Crippen LogP) is -0.648. The van der Waals surface area contributed by atoms with Crippen LogP contribution in [0.2, 0.25) is 0 Å². The van der Waals surface area contributed by atoms with Crippen LogP contribution in [0.1, 0.15) is 13.3 Å². The molecule has 1 unspecified atom stereocenters. The quantitative estimate of drug-likeness (QED) is 0.490. The summed E-state index contributed by atoms with van der Waals surface area (Å²) in [6.45, 7) is 2.22. The van der Waals surface area contributed by atoms with Crippen molar-refractivity contribution in [3.05, 3.63) is 0 Å². The minimum Gasteiger partial charge on any atom is -0.394 e. The number of hydrogen-bond acceptors (Lipinski definition) is 5. The number of ketones is 1. The van der Waals surface area contributed by atoms with Crippen molar-refractivity contribution in [2.45, 2.75) is 19.4 Å². The van der Waals surface area contributed by atoms with Gasteiger partial charge in [0.05, 0.1) is 39.1 Å². The van der Waals surface area contributed by atoms with Crippen molar-refractivity contribution in [1.82, 2.24) is 0 Å². The van der Waals surface area contributed by atoms with Gasteiger partial charge in [0.15, 0.2) is 0 Å². The molecule has 0 aliphatic heterocycles. The van der Waals surface area contributed by atoms with E-state index in [4.69, 9.17) is 19.7 Å². The number of aliphatic hydroxyl groups excluding tert-OH is 2. The Morgan fingerprint density at radius 3 is 2.50 bits per heavy atom. The Morgan fingerprint density at radius 1 is 1.29 bits per heavy atom. The van der Waals surface area contributed by atoms with E-state index in [0.717, 1.165) is 0 Å². The molecule has 0 heterocycles. The van der Waals surface area contributed by atoms with Crippen molar-refractivity contribution in [2.75, 3.05) is 33.0 Å². The normalized spacial score (nSPS) is 12.8. The van der Waals surface area contributed by atoms with E-state index in [1.165, 1.54) is 6.92 Å². The second kappa shape index (κ2) is 9.08. The Balaban J connectivity index is 3.38. The van der Waals surface area contributed by atoms with Crippen molar-refractivity contribution in [1.29, 1.82) is 0 Å². The lowest BCUT2D eigenvalue weighted by molar-refractivity contribution is -0.121. The van der Waals surface area contributed by atoms with Gasteiger partial charge in [-0.25, -0.2) is 0 Å². The van der Waals surface area contributed by atoms with E-state index in [1.54, 1.807) is 0 Å². The molecule has 0 bridgehead atoms. The van der Waals surface area contributed by atoms with Gasteiger partial charge in [0, 0.05) is 6.42 Å². The van der Waals surface area contributed by atoms with Crippen LogP contribution >= 0.6 is 0 Å². The van der Waals surface area contributed by atoms with Gasteiger partial charge in [0.25, 0.3) is 0 Å². The molecule has 0 aromatic rings. The van der Waals surface area contributed by atoms with Crippen LogP contribution in [-0.4, -0.2) is 55.1 Å². The standard InChI is InChI=1S/C9H18O5/c1-8(12)6-9(7-11)14-5-4-13-3-2-10/h9-11H,2-7H2,1H3. The summed E-state index contributed by atoms with van der Waals surface area (Å²) in [7, 11) is 0. The zero-order valence-electron chi connectivity index (χ0n) is 8.44. The summed E-state index contributed by atoms with van der Waals surface area (Å²) < 4.78 is 10.1. The maximum atomic E-state index is 10.7. The van der Waals surface area contributed by atoms with Crippen molar-refractivity contribution in [2.24, 2.45) is 0 Å². The minimum atomic E-state index is -0.440. The van der Waals surface area contributed by atoms with Crippen molar-refractivity contribution in [3.63, 3.8) is 0 Å². The predicted molar refractivity (Wildman–Crippen MR) is 50.0 cm³/mol. The van der Waals surface area contributed by atoms with E-state index in [9.17, 15) is 4.79 Å². The molecule has 5 heteroatoms. The number of ether oxygens (including phenoxy) is 2. The van der Waals surface area contributed by atoms with Crippen molar-refractivity contribution < 1.29 is 24.5 Å². The van der Waals surface area contributed by atoms with Crippen LogP contribution < -0.4 is 0 Å². The lowest BCUT2D eigenvalue weighted by Gasteiger charge is -2.13. The van der Waals surface area contributed by atoms with Crippen LogP contribution in [-0.2, 0) is 14.3 Å². The first-order chi connectivity index (χ1) is 6.70. The molecule has 0 aliphatic carbocycles. The molecule has 0 radical (unpaired) electrons. The molecule has 0 saturated carbocycles. The van der Waals surface area contributed by atoms with Gasteiger partial charge in [-0.15, -0.1) is 0 Å². The molecule has 0 amide bonds. The van der Waals surface area contributed by atoms with Crippen LogP contribution in [0.4, 0.5) is 0 Å². The van der Waals surface area contributed by atoms with Gasteiger partial charge >= 0.3 is 0 Å². The monoisotopic (exact) mass is 206 g/mol. The highest BCUT2D eigenvalue weighted by Gasteiger charge is 2.09. The highest BCUT2D eigenvalue weighted by Crippen LogP contribution is 1.98. The van der Waals surface area contributed by atoms with Crippen LogP contribution in [0.25, 0.3) is 0 Å². The highest BCUT2D eigenvalue weighted by molar-refractivity contribution is 5.75. The first-order valence-electron chi connectivity index (χ1n) is 4.61. The third-order valence-electron chi connectivity index (χ3n) is 1.54. The molecule has 0 aromatic heterocycles. The van der Waals surface area contributed by atoms with E-state index >= 15 is 0 Å². The summed E-state index contributed by atoms with van der Waals surface area (Å²) in [5.74, 6) is -0.0136. The Labute approximate surface area is 83.6 Å². The average molecular weight is 206 g/mol. The lowest BCUT2D eigenvalue weighted by Crippen LogP contribution is -2.23. The fourth-order valence-electron chi connectivity index (χ4n) is 0.937. The highest BCUT2D eigenvalue weighted by atomic mass is 16.5. The van der Waals surface area contributed by atoms with Crippen LogP contribution in [0, 0.1) is 0 Å². The first kappa shape index (κ1) is 13.5. The van der Waals surface area contributed by atoms with E-state index in [1.807, 2.05) is 0 Å². The molecule has 5 nitrogen and oxygen atoms in total. The summed E-state index contributed by atoms with van der Waals surface area (Å²) in [5.41, 5.74) is 0. The largest absolute Gasteiger partial charge is 0.394 e. The minimum absolute atomic E-state index is 0.0136. The summed E-state index contributed by atoms with van der Waals surface area (Å²) in [6.07, 6.45) is -0.221. The second-order valence-electron chi connectivity index (χ2n) is 2.92. The van der Waals surface area contributed by atoms with Gasteiger partial charge in [-0.2, -0.15) is 0 Å². The maximum absolute atomic E-state index is 10.7. The zero-order chi connectivity index (χ0) is 10.8. The third-order valence-corrected chi connectivity index (χ3v) is 1.54. The number of rotatable bonds is 9. The number of Topliss-reactive ketones (excluding diaryl/α,β-unsaturated/α-hetero) is 1. The third kappa shape index (κ3) is 8.12. The summed E-state index contributed by atoms with van der Waals surface area (Å²) in [5, 5.41) is 17.2. The molecule has 1 atom stereocenters. The fraction of sp³-hybridized carbons (Fsp3) is 0.889.